The quantitative estimate of drug-likeness (QED) is 0.913. The van der Waals surface area contributed by atoms with Crippen LogP contribution in [-0.2, 0) is 6.54 Å². The first-order valence-electron chi connectivity index (χ1n) is 7.51. The van der Waals surface area contributed by atoms with Crippen LogP contribution in [0, 0.1) is 16.7 Å². The lowest BCUT2D eigenvalue weighted by Gasteiger charge is -2.04. The van der Waals surface area contributed by atoms with Gasteiger partial charge in [-0.2, -0.15) is 0 Å². The molecule has 0 saturated heterocycles. The number of aromatic nitrogens is 2. The van der Waals surface area contributed by atoms with Crippen LogP contribution in [-0.4, -0.2) is 16.7 Å². The van der Waals surface area contributed by atoms with E-state index < -0.39 is 0 Å². The molecule has 0 radical (unpaired) electrons. The average molecular weight is 285 g/mol. The fraction of sp³-hybridized carbons (Fsp3) is 0.529. The van der Waals surface area contributed by atoms with Gasteiger partial charge >= 0.3 is 0 Å². The van der Waals surface area contributed by atoms with E-state index in [1.165, 1.54) is 0 Å². The molecule has 0 amide bonds. The van der Waals surface area contributed by atoms with Crippen LogP contribution in [0.4, 0.5) is 0 Å². The third-order valence-electron chi connectivity index (χ3n) is 5.43. The topological polar surface area (TPSA) is 51.0 Å². The predicted molar refractivity (Wildman–Crippen MR) is 82.5 cm³/mol. The third-order valence-corrected chi connectivity index (χ3v) is 5.43. The Hall–Kier alpha value is -1.68. The van der Waals surface area contributed by atoms with E-state index in [4.69, 9.17) is 4.42 Å². The largest absolute Gasteiger partial charge is 0.419 e. The number of nitrogens with zero attached hydrogens (tertiary/aromatic N) is 2. The Balaban J connectivity index is 1.55. The lowest BCUT2D eigenvalue weighted by Crippen LogP contribution is -2.19. The van der Waals surface area contributed by atoms with Gasteiger partial charge in [0.25, 0.3) is 0 Å². The second-order valence-corrected chi connectivity index (χ2v) is 6.99. The molecule has 4 nitrogen and oxygen atoms in total. The molecule has 112 valence electrons. The second kappa shape index (κ2) is 4.95. The van der Waals surface area contributed by atoms with E-state index in [0.717, 1.165) is 12.1 Å². The second-order valence-electron chi connectivity index (χ2n) is 6.99. The summed E-state index contributed by atoms with van der Waals surface area (Å²) in [5.74, 6) is 1.92. The molecule has 1 heterocycles. The molecule has 0 unspecified atom stereocenters. The summed E-state index contributed by atoms with van der Waals surface area (Å²) in [6, 6.07) is 9.85. The van der Waals surface area contributed by atoms with Crippen LogP contribution in [0.1, 0.15) is 33.6 Å². The number of hydrogen-bond donors (Lipinski definition) is 1. The number of nitrogens with one attached hydrogen (secondary N) is 1. The number of benzene rings is 1. The van der Waals surface area contributed by atoms with E-state index in [2.05, 4.69) is 43.2 Å². The third kappa shape index (κ3) is 2.48. The van der Waals surface area contributed by atoms with Crippen molar-refractivity contribution in [3.63, 3.8) is 0 Å². The molecule has 21 heavy (non-hydrogen) atoms. The van der Waals surface area contributed by atoms with E-state index in [1.807, 2.05) is 30.3 Å². The average Bonchev–Trinajstić information content (AvgIpc) is 2.83. The normalized spacial score (nSPS) is 19.6. The zero-order chi connectivity index (χ0) is 15.1. The van der Waals surface area contributed by atoms with Crippen LogP contribution in [0.3, 0.4) is 0 Å². The number of hydrogen-bond acceptors (Lipinski definition) is 4. The molecule has 1 saturated carbocycles. The lowest BCUT2D eigenvalue weighted by atomic mass is 10.0. The first-order valence-corrected chi connectivity index (χ1v) is 7.51. The van der Waals surface area contributed by atoms with Crippen molar-refractivity contribution in [1.29, 1.82) is 0 Å². The van der Waals surface area contributed by atoms with Crippen LogP contribution >= 0.6 is 0 Å². The molecule has 4 heteroatoms. The highest BCUT2D eigenvalue weighted by atomic mass is 16.4. The van der Waals surface area contributed by atoms with E-state index in [1.54, 1.807) is 0 Å². The maximum atomic E-state index is 5.69. The van der Waals surface area contributed by atoms with Gasteiger partial charge in [-0.3, -0.25) is 0 Å². The van der Waals surface area contributed by atoms with E-state index in [0.29, 0.717) is 35.1 Å². The Morgan fingerprint density at radius 2 is 1.71 bits per heavy atom. The minimum Gasteiger partial charge on any atom is -0.419 e. The molecule has 0 bridgehead atoms. The molecule has 1 aliphatic rings. The van der Waals surface area contributed by atoms with Gasteiger partial charge in [0, 0.05) is 5.56 Å². The van der Waals surface area contributed by atoms with Crippen molar-refractivity contribution in [1.82, 2.24) is 15.5 Å². The van der Waals surface area contributed by atoms with Gasteiger partial charge in [-0.1, -0.05) is 45.9 Å². The monoisotopic (exact) mass is 285 g/mol. The highest BCUT2D eigenvalue weighted by molar-refractivity contribution is 5.51. The molecule has 0 aliphatic heterocycles. The standard InChI is InChI=1S/C17H23N3O/c1-16(2)13(17(16,3)4)10-18-11-14-19-20-15(21-14)12-8-6-5-7-9-12/h5-9,13,18H,10-11H2,1-4H3. The van der Waals surface area contributed by atoms with Crippen molar-refractivity contribution < 1.29 is 4.42 Å². The summed E-state index contributed by atoms with van der Waals surface area (Å²) < 4.78 is 5.69. The summed E-state index contributed by atoms with van der Waals surface area (Å²) >= 11 is 0. The summed E-state index contributed by atoms with van der Waals surface area (Å²) in [4.78, 5) is 0. The molecule has 1 aliphatic carbocycles. The van der Waals surface area contributed by atoms with Crippen LogP contribution < -0.4 is 5.32 Å². The van der Waals surface area contributed by atoms with Crippen molar-refractivity contribution >= 4 is 0 Å². The molecule has 0 spiro atoms. The highest BCUT2D eigenvalue weighted by Gasteiger charge is 2.63. The van der Waals surface area contributed by atoms with Gasteiger partial charge in [-0.15, -0.1) is 10.2 Å². The first kappa shape index (κ1) is 14.3. The molecule has 2 aromatic rings. The maximum absolute atomic E-state index is 5.69. The summed E-state index contributed by atoms with van der Waals surface area (Å²) in [6.45, 7) is 10.9. The van der Waals surface area contributed by atoms with Gasteiger partial charge in [0.05, 0.1) is 6.54 Å². The highest BCUT2D eigenvalue weighted by Crippen LogP contribution is 2.67. The zero-order valence-corrected chi connectivity index (χ0v) is 13.2. The molecule has 3 rings (SSSR count). The summed E-state index contributed by atoms with van der Waals surface area (Å²) in [7, 11) is 0. The maximum Gasteiger partial charge on any atom is 0.247 e. The molecule has 0 atom stereocenters. The van der Waals surface area contributed by atoms with Gasteiger partial charge in [0.15, 0.2) is 0 Å². The van der Waals surface area contributed by atoms with Gasteiger partial charge in [-0.25, -0.2) is 0 Å². The minimum absolute atomic E-state index is 0.407. The fourth-order valence-corrected chi connectivity index (χ4v) is 3.19. The summed E-state index contributed by atoms with van der Waals surface area (Å²) in [6.07, 6.45) is 0. The Morgan fingerprint density at radius 3 is 2.33 bits per heavy atom. The Bertz CT molecular complexity index is 602. The van der Waals surface area contributed by atoms with Gasteiger partial charge in [-0.05, 0) is 35.4 Å². The smallest absolute Gasteiger partial charge is 0.247 e. The Kier molecular flexibility index (Phi) is 3.36. The SMILES string of the molecule is CC1(C)C(CNCc2nnc(-c3ccccc3)o2)C1(C)C. The van der Waals surface area contributed by atoms with Crippen molar-refractivity contribution in [2.45, 2.75) is 34.2 Å². The van der Waals surface area contributed by atoms with Crippen LogP contribution in [0.15, 0.2) is 34.7 Å². The van der Waals surface area contributed by atoms with Gasteiger partial charge < -0.3 is 9.73 Å². The van der Waals surface area contributed by atoms with E-state index in [-0.39, 0.29) is 0 Å². The van der Waals surface area contributed by atoms with E-state index >= 15 is 0 Å². The van der Waals surface area contributed by atoms with Gasteiger partial charge in [0.2, 0.25) is 11.8 Å². The van der Waals surface area contributed by atoms with Crippen molar-refractivity contribution in [3.05, 3.63) is 36.2 Å². The van der Waals surface area contributed by atoms with Gasteiger partial charge in [0.1, 0.15) is 0 Å². The summed E-state index contributed by atoms with van der Waals surface area (Å²) in [5.41, 5.74) is 1.77. The predicted octanol–water partition coefficient (Wildman–Crippen LogP) is 3.51. The molecule has 1 fully saturated rings. The zero-order valence-electron chi connectivity index (χ0n) is 13.2. The Labute approximate surface area is 126 Å². The summed E-state index contributed by atoms with van der Waals surface area (Å²) in [5, 5.41) is 11.6. The lowest BCUT2D eigenvalue weighted by molar-refractivity contribution is 0.457. The first-order chi connectivity index (χ1) is 9.93. The fourth-order valence-electron chi connectivity index (χ4n) is 3.19. The molecular weight excluding hydrogens is 262 g/mol. The van der Waals surface area contributed by atoms with E-state index in [9.17, 15) is 0 Å². The minimum atomic E-state index is 0.407. The molecular formula is C17H23N3O. The molecule has 1 N–H and O–H groups in total. The molecule has 1 aromatic heterocycles. The van der Waals surface area contributed by atoms with Crippen molar-refractivity contribution in [2.24, 2.45) is 16.7 Å². The number of rotatable bonds is 5. The van der Waals surface area contributed by atoms with Crippen molar-refractivity contribution in [3.8, 4) is 11.5 Å². The molecule has 1 aromatic carbocycles. The van der Waals surface area contributed by atoms with Crippen LogP contribution in [0.5, 0.6) is 0 Å². The van der Waals surface area contributed by atoms with Crippen LogP contribution in [0.2, 0.25) is 0 Å². The van der Waals surface area contributed by atoms with Crippen molar-refractivity contribution in [2.75, 3.05) is 6.54 Å². The van der Waals surface area contributed by atoms with Crippen LogP contribution in [0.25, 0.3) is 11.5 Å². The Morgan fingerprint density at radius 1 is 1.05 bits per heavy atom.